The Balaban J connectivity index is 1.65. The summed E-state index contributed by atoms with van der Waals surface area (Å²) in [7, 11) is 1.67. The molecule has 2 fully saturated rings. The number of hydrogen-bond donors (Lipinski definition) is 1. The van der Waals surface area contributed by atoms with Crippen LogP contribution in [0.25, 0.3) is 0 Å². The number of fused-ring (bicyclic) bond motifs is 1. The lowest BCUT2D eigenvalue weighted by molar-refractivity contribution is 0.0995. The number of benzene rings is 1. The van der Waals surface area contributed by atoms with Gasteiger partial charge in [-0.25, -0.2) is 0 Å². The van der Waals surface area contributed by atoms with Crippen molar-refractivity contribution in [2.75, 3.05) is 39.0 Å². The normalized spacial score (nSPS) is 24.4. The Morgan fingerprint density at radius 3 is 3.00 bits per heavy atom. The van der Waals surface area contributed by atoms with E-state index in [1.165, 1.54) is 38.0 Å². The van der Waals surface area contributed by atoms with Crippen LogP contribution in [0.3, 0.4) is 0 Å². The van der Waals surface area contributed by atoms with Crippen LogP contribution in [0.5, 0.6) is 5.75 Å². The summed E-state index contributed by atoms with van der Waals surface area (Å²) in [6.07, 6.45) is 2.72. The van der Waals surface area contributed by atoms with Gasteiger partial charge < -0.3 is 10.5 Å². The van der Waals surface area contributed by atoms with Crippen molar-refractivity contribution in [2.24, 2.45) is 0 Å². The predicted octanol–water partition coefficient (Wildman–Crippen LogP) is 1.56. The number of nitrogens with two attached hydrogens (primary N) is 1. The second kappa shape index (κ2) is 5.39. The average Bonchev–Trinajstić information content (AvgIpc) is 2.88. The SMILES string of the molecule is COc1ccc(CN2CCN3CCCC3C2)c(N)c1. The van der Waals surface area contributed by atoms with Crippen molar-refractivity contribution in [1.82, 2.24) is 9.80 Å². The number of nitrogens with zero attached hydrogens (tertiary/aromatic N) is 2. The van der Waals surface area contributed by atoms with Crippen LogP contribution in [0.15, 0.2) is 18.2 Å². The van der Waals surface area contributed by atoms with Gasteiger partial charge in [0.2, 0.25) is 0 Å². The molecule has 1 aromatic rings. The van der Waals surface area contributed by atoms with Gasteiger partial charge in [0.15, 0.2) is 0 Å². The van der Waals surface area contributed by atoms with E-state index in [-0.39, 0.29) is 0 Å². The van der Waals surface area contributed by atoms with E-state index in [2.05, 4.69) is 15.9 Å². The van der Waals surface area contributed by atoms with Crippen LogP contribution in [0.1, 0.15) is 18.4 Å². The summed E-state index contributed by atoms with van der Waals surface area (Å²) in [6, 6.07) is 6.78. The molecule has 2 heterocycles. The van der Waals surface area contributed by atoms with Crippen LogP contribution in [0.4, 0.5) is 5.69 Å². The second-order valence-electron chi connectivity index (χ2n) is 5.63. The van der Waals surface area contributed by atoms with E-state index in [1.807, 2.05) is 12.1 Å². The van der Waals surface area contributed by atoms with E-state index in [4.69, 9.17) is 10.5 Å². The third kappa shape index (κ3) is 2.69. The number of nitrogen functional groups attached to an aromatic ring is 1. The van der Waals surface area contributed by atoms with Gasteiger partial charge in [-0.3, -0.25) is 9.80 Å². The molecule has 4 nitrogen and oxygen atoms in total. The fourth-order valence-corrected chi connectivity index (χ4v) is 3.28. The molecule has 0 amide bonds. The number of rotatable bonds is 3. The third-order valence-corrected chi connectivity index (χ3v) is 4.42. The van der Waals surface area contributed by atoms with Crippen molar-refractivity contribution in [1.29, 1.82) is 0 Å². The molecule has 0 radical (unpaired) electrons. The quantitative estimate of drug-likeness (QED) is 0.838. The molecule has 0 aromatic heterocycles. The van der Waals surface area contributed by atoms with Crippen LogP contribution in [-0.4, -0.2) is 49.1 Å². The maximum absolute atomic E-state index is 6.10. The molecule has 1 unspecified atom stereocenters. The Morgan fingerprint density at radius 2 is 2.21 bits per heavy atom. The molecular formula is C15H23N3O. The second-order valence-corrected chi connectivity index (χ2v) is 5.63. The first kappa shape index (κ1) is 12.8. The molecule has 104 valence electrons. The van der Waals surface area contributed by atoms with E-state index in [0.29, 0.717) is 0 Å². The molecule has 1 atom stereocenters. The highest BCUT2D eigenvalue weighted by molar-refractivity contribution is 5.51. The number of ether oxygens (including phenoxy) is 1. The monoisotopic (exact) mass is 261 g/mol. The van der Waals surface area contributed by atoms with Crippen LogP contribution in [0, 0.1) is 0 Å². The summed E-state index contributed by atoms with van der Waals surface area (Å²) >= 11 is 0. The minimum Gasteiger partial charge on any atom is -0.497 e. The van der Waals surface area contributed by atoms with Crippen molar-refractivity contribution in [3.63, 3.8) is 0 Å². The fraction of sp³-hybridized carbons (Fsp3) is 0.600. The highest BCUT2D eigenvalue weighted by Crippen LogP contribution is 2.25. The lowest BCUT2D eigenvalue weighted by Gasteiger charge is -2.37. The van der Waals surface area contributed by atoms with Gasteiger partial charge in [0.05, 0.1) is 7.11 Å². The van der Waals surface area contributed by atoms with Crippen molar-refractivity contribution in [3.8, 4) is 5.75 Å². The van der Waals surface area contributed by atoms with Gasteiger partial charge in [-0.05, 0) is 31.0 Å². The first-order chi connectivity index (χ1) is 9.26. The summed E-state index contributed by atoms with van der Waals surface area (Å²) in [4.78, 5) is 5.17. The number of methoxy groups -OCH3 is 1. The third-order valence-electron chi connectivity index (χ3n) is 4.42. The molecule has 0 bridgehead atoms. The Morgan fingerprint density at radius 1 is 1.32 bits per heavy atom. The highest BCUT2D eigenvalue weighted by atomic mass is 16.5. The highest BCUT2D eigenvalue weighted by Gasteiger charge is 2.30. The molecule has 2 saturated heterocycles. The zero-order chi connectivity index (χ0) is 13.2. The van der Waals surface area contributed by atoms with Gasteiger partial charge in [0.25, 0.3) is 0 Å². The van der Waals surface area contributed by atoms with Crippen molar-refractivity contribution in [3.05, 3.63) is 23.8 Å². The molecule has 0 saturated carbocycles. The number of anilines is 1. The van der Waals surface area contributed by atoms with Gasteiger partial charge in [-0.15, -0.1) is 0 Å². The topological polar surface area (TPSA) is 41.7 Å². The summed E-state index contributed by atoms with van der Waals surface area (Å²) in [5, 5.41) is 0. The van der Waals surface area contributed by atoms with Crippen molar-refractivity contribution in [2.45, 2.75) is 25.4 Å². The van der Waals surface area contributed by atoms with Gasteiger partial charge >= 0.3 is 0 Å². The average molecular weight is 261 g/mol. The van der Waals surface area contributed by atoms with Gasteiger partial charge in [0, 0.05) is 44.0 Å². The summed E-state index contributed by atoms with van der Waals surface area (Å²) in [6.45, 7) is 5.80. The molecule has 4 heteroatoms. The van der Waals surface area contributed by atoms with Crippen LogP contribution in [-0.2, 0) is 6.54 Å². The standard InChI is InChI=1S/C15H23N3O/c1-19-14-5-4-12(15(16)9-14)10-17-7-8-18-6-2-3-13(18)11-17/h4-5,9,13H,2-3,6-8,10-11,16H2,1H3. The predicted molar refractivity (Wildman–Crippen MR) is 77.3 cm³/mol. The summed E-state index contributed by atoms with van der Waals surface area (Å²) < 4.78 is 5.20. The zero-order valence-corrected chi connectivity index (χ0v) is 11.6. The Hall–Kier alpha value is -1.26. The molecule has 0 aliphatic carbocycles. The fourth-order valence-electron chi connectivity index (χ4n) is 3.28. The minimum atomic E-state index is 0.772. The van der Waals surface area contributed by atoms with Gasteiger partial charge in [-0.1, -0.05) is 6.07 Å². The van der Waals surface area contributed by atoms with Gasteiger partial charge in [0.1, 0.15) is 5.75 Å². The maximum Gasteiger partial charge on any atom is 0.120 e. The molecule has 0 spiro atoms. The molecule has 1 aromatic carbocycles. The Kier molecular flexibility index (Phi) is 3.62. The van der Waals surface area contributed by atoms with Crippen LogP contribution >= 0.6 is 0 Å². The van der Waals surface area contributed by atoms with Gasteiger partial charge in [-0.2, -0.15) is 0 Å². The van der Waals surface area contributed by atoms with Crippen LogP contribution < -0.4 is 10.5 Å². The molecule has 2 aliphatic rings. The summed E-state index contributed by atoms with van der Waals surface area (Å²) in [5.74, 6) is 0.835. The first-order valence-corrected chi connectivity index (χ1v) is 7.15. The first-order valence-electron chi connectivity index (χ1n) is 7.15. The molecular weight excluding hydrogens is 238 g/mol. The Bertz CT molecular complexity index is 449. The van der Waals surface area contributed by atoms with Crippen molar-refractivity contribution < 1.29 is 4.74 Å². The van der Waals surface area contributed by atoms with E-state index in [9.17, 15) is 0 Å². The van der Waals surface area contributed by atoms with E-state index in [1.54, 1.807) is 7.11 Å². The molecule has 3 rings (SSSR count). The molecule has 2 N–H and O–H groups in total. The van der Waals surface area contributed by atoms with Crippen molar-refractivity contribution >= 4 is 5.69 Å². The minimum absolute atomic E-state index is 0.772. The maximum atomic E-state index is 6.10. The lowest BCUT2D eigenvalue weighted by atomic mass is 10.1. The number of piperazine rings is 1. The number of hydrogen-bond acceptors (Lipinski definition) is 4. The van der Waals surface area contributed by atoms with E-state index < -0.39 is 0 Å². The smallest absolute Gasteiger partial charge is 0.120 e. The largest absolute Gasteiger partial charge is 0.497 e. The molecule has 19 heavy (non-hydrogen) atoms. The Labute approximate surface area is 115 Å². The van der Waals surface area contributed by atoms with E-state index in [0.717, 1.165) is 30.6 Å². The van der Waals surface area contributed by atoms with Crippen LogP contribution in [0.2, 0.25) is 0 Å². The van der Waals surface area contributed by atoms with E-state index >= 15 is 0 Å². The molecule has 2 aliphatic heterocycles. The lowest BCUT2D eigenvalue weighted by Crippen LogP contribution is -2.49. The summed E-state index contributed by atoms with van der Waals surface area (Å²) in [5.41, 5.74) is 8.16. The zero-order valence-electron chi connectivity index (χ0n) is 11.6.